The molecule has 0 unspecified atom stereocenters. The van der Waals surface area contributed by atoms with Crippen LogP contribution in [0.4, 0.5) is 4.39 Å². The van der Waals surface area contributed by atoms with Crippen LogP contribution in [-0.2, 0) is 0 Å². The van der Waals surface area contributed by atoms with Crippen molar-refractivity contribution in [3.05, 3.63) is 69.6 Å². The molecule has 0 spiro atoms. The van der Waals surface area contributed by atoms with Crippen molar-refractivity contribution in [1.82, 2.24) is 4.98 Å². The number of carbonyl (C=O) groups is 1. The first-order valence-electron chi connectivity index (χ1n) is 5.84. The number of benzene rings is 2. The Morgan fingerprint density at radius 2 is 1.70 bits per heavy atom. The molecule has 0 saturated heterocycles. The molecule has 0 bridgehead atoms. The second kappa shape index (κ2) is 4.93. The molecule has 1 heterocycles. The molecule has 5 heteroatoms. The molecule has 0 amide bonds. The van der Waals surface area contributed by atoms with Crippen molar-refractivity contribution >= 4 is 39.9 Å². The molecule has 0 fully saturated rings. The van der Waals surface area contributed by atoms with Gasteiger partial charge < -0.3 is 4.98 Å². The van der Waals surface area contributed by atoms with E-state index in [2.05, 4.69) is 4.98 Å². The molecule has 0 atom stereocenters. The van der Waals surface area contributed by atoms with Crippen LogP contribution >= 0.6 is 23.2 Å². The molecule has 20 heavy (non-hydrogen) atoms. The van der Waals surface area contributed by atoms with E-state index in [0.717, 1.165) is 0 Å². The van der Waals surface area contributed by atoms with Crippen molar-refractivity contribution < 1.29 is 9.18 Å². The summed E-state index contributed by atoms with van der Waals surface area (Å²) in [5.41, 5.74) is 0.949. The number of halogens is 3. The van der Waals surface area contributed by atoms with Gasteiger partial charge in [-0.3, -0.25) is 4.79 Å². The molecule has 2 nitrogen and oxygen atoms in total. The van der Waals surface area contributed by atoms with Crippen molar-refractivity contribution in [3.63, 3.8) is 0 Å². The van der Waals surface area contributed by atoms with Gasteiger partial charge in [0.15, 0.2) is 5.78 Å². The van der Waals surface area contributed by atoms with Crippen molar-refractivity contribution in [2.75, 3.05) is 0 Å². The number of carbonyl (C=O) groups excluding carboxylic acids is 1. The zero-order chi connectivity index (χ0) is 14.3. The zero-order valence-electron chi connectivity index (χ0n) is 10.1. The molecule has 0 aliphatic rings. The minimum absolute atomic E-state index is 0.181. The monoisotopic (exact) mass is 307 g/mol. The highest BCUT2D eigenvalue weighted by molar-refractivity contribution is 6.41. The number of rotatable bonds is 2. The van der Waals surface area contributed by atoms with Gasteiger partial charge in [-0.1, -0.05) is 35.3 Å². The molecule has 0 aliphatic heterocycles. The second-order valence-electron chi connectivity index (χ2n) is 4.29. The maximum atomic E-state index is 13.9. The predicted octanol–water partition coefficient (Wildman–Crippen LogP) is 4.84. The third-order valence-electron chi connectivity index (χ3n) is 3.09. The molecule has 1 N–H and O–H groups in total. The highest BCUT2D eigenvalue weighted by Gasteiger charge is 2.21. The normalized spacial score (nSPS) is 10.9. The van der Waals surface area contributed by atoms with Crippen LogP contribution < -0.4 is 0 Å². The lowest BCUT2D eigenvalue weighted by molar-refractivity contribution is 0.104. The third-order valence-corrected chi connectivity index (χ3v) is 3.72. The minimum atomic E-state index is -0.463. The van der Waals surface area contributed by atoms with Crippen LogP contribution in [0, 0.1) is 5.82 Å². The Labute approximate surface area is 124 Å². The summed E-state index contributed by atoms with van der Waals surface area (Å²) in [4.78, 5) is 15.4. The van der Waals surface area contributed by atoms with Crippen molar-refractivity contribution in [2.45, 2.75) is 0 Å². The average molecular weight is 308 g/mol. The Kier molecular flexibility index (Phi) is 3.24. The van der Waals surface area contributed by atoms with Gasteiger partial charge in [-0.05, 0) is 24.3 Å². The Bertz CT molecular complexity index is 806. The smallest absolute Gasteiger partial charge is 0.198 e. The maximum Gasteiger partial charge on any atom is 0.198 e. The van der Waals surface area contributed by atoms with Gasteiger partial charge >= 0.3 is 0 Å². The summed E-state index contributed by atoms with van der Waals surface area (Å²) in [6.45, 7) is 0. The summed E-state index contributed by atoms with van der Waals surface area (Å²) < 4.78 is 13.9. The number of aromatic amines is 1. The zero-order valence-corrected chi connectivity index (χ0v) is 11.6. The van der Waals surface area contributed by atoms with Crippen LogP contribution in [0.1, 0.15) is 15.9 Å². The molecule has 3 aromatic rings. The molecule has 1 aromatic heterocycles. The largest absolute Gasteiger partial charge is 0.360 e. The first kappa shape index (κ1) is 13.2. The summed E-state index contributed by atoms with van der Waals surface area (Å²) in [7, 11) is 0. The van der Waals surface area contributed by atoms with Gasteiger partial charge in [0.05, 0.1) is 21.2 Å². The van der Waals surface area contributed by atoms with E-state index in [4.69, 9.17) is 23.2 Å². The van der Waals surface area contributed by atoms with E-state index >= 15 is 0 Å². The average Bonchev–Trinajstić information content (AvgIpc) is 2.83. The number of hydrogen-bond acceptors (Lipinski definition) is 1. The molecular weight excluding hydrogens is 300 g/mol. The van der Waals surface area contributed by atoms with Crippen LogP contribution in [0.15, 0.2) is 42.6 Å². The molecule has 2 aromatic carbocycles. The standard InChI is InChI=1S/C15H8Cl2FNO/c16-9-3-1-4-10(17)14(9)15(20)8-7-19-12-6-2-5-11(18)13(8)12/h1-7,19H. The van der Waals surface area contributed by atoms with E-state index in [1.54, 1.807) is 30.3 Å². The van der Waals surface area contributed by atoms with Gasteiger partial charge in [0, 0.05) is 17.1 Å². The molecule has 0 aliphatic carbocycles. The van der Waals surface area contributed by atoms with Crippen LogP contribution in [0.5, 0.6) is 0 Å². The number of hydrogen-bond donors (Lipinski definition) is 1. The summed E-state index contributed by atoms with van der Waals surface area (Å²) in [5.74, 6) is -0.868. The number of fused-ring (bicyclic) bond motifs is 1. The lowest BCUT2D eigenvalue weighted by atomic mass is 10.0. The Morgan fingerprint density at radius 1 is 1.05 bits per heavy atom. The van der Waals surface area contributed by atoms with E-state index < -0.39 is 11.6 Å². The number of ketones is 1. The fraction of sp³-hybridized carbons (Fsp3) is 0. The van der Waals surface area contributed by atoms with E-state index in [1.807, 2.05) is 0 Å². The van der Waals surface area contributed by atoms with Gasteiger partial charge in [0.2, 0.25) is 0 Å². The van der Waals surface area contributed by atoms with Crippen LogP contribution in [0.2, 0.25) is 10.0 Å². The minimum Gasteiger partial charge on any atom is -0.360 e. The molecular formula is C15H8Cl2FNO. The first-order chi connectivity index (χ1) is 9.59. The van der Waals surface area contributed by atoms with Gasteiger partial charge in [-0.25, -0.2) is 4.39 Å². The van der Waals surface area contributed by atoms with Gasteiger partial charge in [0.25, 0.3) is 0 Å². The van der Waals surface area contributed by atoms with Gasteiger partial charge in [-0.2, -0.15) is 0 Å². The SMILES string of the molecule is O=C(c1c(Cl)cccc1Cl)c1c[nH]c2cccc(F)c12. The van der Waals surface area contributed by atoms with Crippen molar-refractivity contribution in [3.8, 4) is 0 Å². The Hall–Kier alpha value is -1.84. The third kappa shape index (κ3) is 1.99. The van der Waals surface area contributed by atoms with Crippen molar-refractivity contribution in [2.24, 2.45) is 0 Å². The van der Waals surface area contributed by atoms with Crippen LogP contribution in [-0.4, -0.2) is 10.8 Å². The number of nitrogens with one attached hydrogen (secondary N) is 1. The lowest BCUT2D eigenvalue weighted by Gasteiger charge is -2.05. The fourth-order valence-electron chi connectivity index (χ4n) is 2.17. The molecule has 0 radical (unpaired) electrons. The first-order valence-corrected chi connectivity index (χ1v) is 6.59. The lowest BCUT2D eigenvalue weighted by Crippen LogP contribution is -2.03. The van der Waals surface area contributed by atoms with E-state index in [9.17, 15) is 9.18 Å². The van der Waals surface area contributed by atoms with E-state index in [1.165, 1.54) is 12.3 Å². The number of aromatic nitrogens is 1. The molecule has 100 valence electrons. The molecule has 0 saturated carbocycles. The van der Waals surface area contributed by atoms with Crippen molar-refractivity contribution in [1.29, 1.82) is 0 Å². The van der Waals surface area contributed by atoms with Crippen LogP contribution in [0.25, 0.3) is 10.9 Å². The second-order valence-corrected chi connectivity index (χ2v) is 5.10. The van der Waals surface area contributed by atoms with Gasteiger partial charge in [-0.15, -0.1) is 0 Å². The highest BCUT2D eigenvalue weighted by Crippen LogP contribution is 2.30. The topological polar surface area (TPSA) is 32.9 Å². The number of H-pyrrole nitrogens is 1. The predicted molar refractivity (Wildman–Crippen MR) is 78.2 cm³/mol. The van der Waals surface area contributed by atoms with E-state index in [-0.39, 0.29) is 26.6 Å². The summed E-state index contributed by atoms with van der Waals surface area (Å²) >= 11 is 12.0. The summed E-state index contributed by atoms with van der Waals surface area (Å²) in [6, 6.07) is 9.38. The Morgan fingerprint density at radius 3 is 2.40 bits per heavy atom. The van der Waals surface area contributed by atoms with E-state index in [0.29, 0.717) is 5.52 Å². The van der Waals surface area contributed by atoms with Crippen LogP contribution in [0.3, 0.4) is 0 Å². The Balaban J connectivity index is 2.24. The quantitative estimate of drug-likeness (QED) is 0.675. The van der Waals surface area contributed by atoms with Gasteiger partial charge in [0.1, 0.15) is 5.82 Å². The maximum absolute atomic E-state index is 13.9. The highest BCUT2D eigenvalue weighted by atomic mass is 35.5. The fourth-order valence-corrected chi connectivity index (χ4v) is 2.74. The summed E-state index contributed by atoms with van der Waals surface area (Å²) in [6.07, 6.45) is 1.47. The molecule has 3 rings (SSSR count). The summed E-state index contributed by atoms with van der Waals surface area (Å²) in [5, 5.41) is 0.731.